The summed E-state index contributed by atoms with van der Waals surface area (Å²) in [5, 5.41) is 0. The number of carbonyl (C=O) groups excluding carboxylic acids is 4. The number of aryl methyl sites for hydroxylation is 2. The molecule has 0 N–H and O–H groups in total. The second-order valence-electron chi connectivity index (χ2n) is 25.8. The van der Waals surface area contributed by atoms with Gasteiger partial charge in [-0.15, -0.1) is 0 Å². The molecule has 6 aromatic carbocycles. The van der Waals surface area contributed by atoms with Crippen molar-refractivity contribution in [2.45, 2.75) is 197 Å². The molecule has 4 aliphatic carbocycles. The second-order valence-corrected chi connectivity index (χ2v) is 25.8. The minimum absolute atomic E-state index is 0.0754. The zero-order valence-corrected chi connectivity index (χ0v) is 52.2. The minimum atomic E-state index is -0.712. The van der Waals surface area contributed by atoms with E-state index in [1.807, 2.05) is 164 Å². The predicted octanol–water partition coefficient (Wildman–Crippen LogP) is 18.3. The van der Waals surface area contributed by atoms with E-state index < -0.39 is 44.1 Å². The Kier molecular flexibility index (Phi) is 18.8. The van der Waals surface area contributed by atoms with Gasteiger partial charge in [0.1, 0.15) is 11.2 Å². The lowest BCUT2D eigenvalue weighted by atomic mass is 9.86. The first kappa shape index (κ1) is 62.8. The van der Waals surface area contributed by atoms with Gasteiger partial charge in [0.25, 0.3) is 0 Å². The fourth-order valence-corrected chi connectivity index (χ4v) is 11.3. The number of esters is 4. The van der Waals surface area contributed by atoms with E-state index in [1.165, 1.54) is 33.4 Å². The van der Waals surface area contributed by atoms with Crippen LogP contribution in [0, 0.1) is 21.7 Å². The molecule has 436 valence electrons. The Morgan fingerprint density at radius 1 is 0.366 bits per heavy atom. The highest BCUT2D eigenvalue weighted by molar-refractivity contribution is 5.85. The van der Waals surface area contributed by atoms with E-state index in [1.54, 1.807) is 0 Å². The molecule has 82 heavy (non-hydrogen) atoms. The Balaban J connectivity index is 0.000000158. The molecule has 0 radical (unpaired) electrons. The molecule has 8 heteroatoms. The highest BCUT2D eigenvalue weighted by Gasteiger charge is 2.49. The molecular formula is C74H92O8. The summed E-state index contributed by atoms with van der Waals surface area (Å²) in [5.41, 5.74) is 10.0. The molecule has 0 saturated carbocycles. The van der Waals surface area contributed by atoms with E-state index in [2.05, 4.69) is 92.7 Å². The van der Waals surface area contributed by atoms with Gasteiger partial charge in [-0.05, 0) is 178 Å². The minimum Gasteiger partial charge on any atom is -0.454 e. The Labute approximate surface area is 491 Å². The van der Waals surface area contributed by atoms with Gasteiger partial charge in [-0.2, -0.15) is 0 Å². The van der Waals surface area contributed by atoms with Crippen LogP contribution in [-0.2, 0) is 73.4 Å². The summed E-state index contributed by atoms with van der Waals surface area (Å²) >= 11 is 0. The molecule has 6 aromatic rings. The van der Waals surface area contributed by atoms with Gasteiger partial charge in [0.15, 0.2) is 11.2 Å². The maximum absolute atomic E-state index is 12.8. The van der Waals surface area contributed by atoms with Crippen LogP contribution in [-0.4, -0.2) is 23.9 Å². The van der Waals surface area contributed by atoms with Crippen molar-refractivity contribution in [1.82, 2.24) is 0 Å². The molecule has 8 nitrogen and oxygen atoms in total. The molecule has 2 atom stereocenters. The highest BCUT2D eigenvalue weighted by Crippen LogP contribution is 2.53. The quantitative estimate of drug-likeness (QED) is 0.0784. The van der Waals surface area contributed by atoms with Crippen LogP contribution in [0.4, 0.5) is 0 Å². The molecule has 0 heterocycles. The molecule has 0 amide bonds. The number of hydrogen-bond donors (Lipinski definition) is 0. The SMILES string of the molecule is CCC(C)(C)C(=O)OC1(C)CCc2ccccc21.CCC(C)(C)C(=O)OC1(C)c2ccccc2-c2ccccc21.CCC(C)(C)C(=O)OC1(CC)CCc2ccccc21.CCC(C)(C)C(=O)OC1(CC)c2ccccc2-c2ccccc21. The average molecular weight is 1110 g/mol. The molecule has 10 rings (SSSR count). The van der Waals surface area contributed by atoms with E-state index in [4.69, 9.17) is 18.9 Å². The van der Waals surface area contributed by atoms with Crippen LogP contribution in [0.5, 0.6) is 0 Å². The molecule has 2 unspecified atom stereocenters. The molecule has 0 saturated heterocycles. The molecule has 0 bridgehead atoms. The van der Waals surface area contributed by atoms with Crippen molar-refractivity contribution >= 4 is 23.9 Å². The summed E-state index contributed by atoms with van der Waals surface area (Å²) in [7, 11) is 0. The largest absolute Gasteiger partial charge is 0.454 e. The van der Waals surface area contributed by atoms with Gasteiger partial charge in [0.2, 0.25) is 0 Å². The van der Waals surface area contributed by atoms with Crippen LogP contribution in [0.2, 0.25) is 0 Å². The summed E-state index contributed by atoms with van der Waals surface area (Å²) in [6, 6.07) is 49.5. The third kappa shape index (κ3) is 12.2. The third-order valence-electron chi connectivity index (χ3n) is 18.9. The molecule has 0 aliphatic heterocycles. The van der Waals surface area contributed by atoms with E-state index in [0.29, 0.717) is 0 Å². The summed E-state index contributed by atoms with van der Waals surface area (Å²) in [4.78, 5) is 50.1. The van der Waals surface area contributed by atoms with Crippen molar-refractivity contribution in [2.24, 2.45) is 21.7 Å². The van der Waals surface area contributed by atoms with Gasteiger partial charge in [-0.1, -0.05) is 187 Å². The van der Waals surface area contributed by atoms with Crippen molar-refractivity contribution in [3.8, 4) is 22.3 Å². The van der Waals surface area contributed by atoms with Crippen molar-refractivity contribution in [2.75, 3.05) is 0 Å². The van der Waals surface area contributed by atoms with Gasteiger partial charge in [0, 0.05) is 22.3 Å². The lowest BCUT2D eigenvalue weighted by Crippen LogP contribution is -2.37. The number of fused-ring (bicyclic) bond motifs is 8. The van der Waals surface area contributed by atoms with Crippen molar-refractivity contribution in [1.29, 1.82) is 0 Å². The predicted molar refractivity (Wildman–Crippen MR) is 331 cm³/mol. The summed E-state index contributed by atoms with van der Waals surface area (Å²) in [6.07, 6.45) is 8.47. The first-order valence-electron chi connectivity index (χ1n) is 30.2. The van der Waals surface area contributed by atoms with Crippen LogP contribution >= 0.6 is 0 Å². The van der Waals surface area contributed by atoms with Crippen LogP contribution in [0.15, 0.2) is 146 Å². The molecule has 0 spiro atoms. The van der Waals surface area contributed by atoms with Crippen molar-refractivity contribution in [3.05, 3.63) is 190 Å². The Morgan fingerprint density at radius 2 is 0.683 bits per heavy atom. The van der Waals surface area contributed by atoms with Crippen molar-refractivity contribution < 1.29 is 38.1 Å². The topological polar surface area (TPSA) is 105 Å². The van der Waals surface area contributed by atoms with Crippen LogP contribution in [0.1, 0.15) is 207 Å². The standard InChI is InChI=1S/C21H24O2.C20H22O2.C17H24O2.C16H22O2/c1-5-20(3,4)19(22)23-21(6-2)17-13-9-7-11-15(17)16-12-8-10-14-18(16)21;1-5-19(2,3)18(21)22-20(4)16-12-8-6-10-14(16)15-11-7-9-13-17(15)20;1-5-16(3,4)15(18)19-17(6-2)12-11-13-9-7-8-10-14(13)17;1-5-15(2,3)14(17)18-16(4)11-10-12-8-6-7-9-13(12)16/h7-14H,5-6H2,1-4H3;6-13H,5H2,1-4H3;7-10H,5-6,11-12H2,1-4H3;6-9H,5,10-11H2,1-4H3. The lowest BCUT2D eigenvalue weighted by molar-refractivity contribution is -0.173. The second kappa shape index (κ2) is 24.6. The fraction of sp³-hybridized carbons (Fsp3) is 0.459. The zero-order chi connectivity index (χ0) is 60.1. The first-order valence-corrected chi connectivity index (χ1v) is 30.2. The van der Waals surface area contributed by atoms with E-state index in [-0.39, 0.29) is 23.9 Å². The van der Waals surface area contributed by atoms with E-state index in [0.717, 1.165) is 97.6 Å². The maximum atomic E-state index is 12.8. The third-order valence-corrected chi connectivity index (χ3v) is 18.9. The lowest BCUT2D eigenvalue weighted by Gasteiger charge is -2.34. The molecule has 0 fully saturated rings. The summed E-state index contributed by atoms with van der Waals surface area (Å²) in [5.74, 6) is -0.449. The molecule has 0 aromatic heterocycles. The van der Waals surface area contributed by atoms with Gasteiger partial charge in [-0.25, -0.2) is 0 Å². The van der Waals surface area contributed by atoms with E-state index >= 15 is 0 Å². The Bertz CT molecular complexity index is 3170. The number of hydrogen-bond acceptors (Lipinski definition) is 8. The van der Waals surface area contributed by atoms with Gasteiger partial charge >= 0.3 is 23.9 Å². The highest BCUT2D eigenvalue weighted by atomic mass is 16.6. The number of carbonyl (C=O) groups is 4. The Morgan fingerprint density at radius 3 is 1.10 bits per heavy atom. The van der Waals surface area contributed by atoms with E-state index in [9.17, 15) is 19.2 Å². The smallest absolute Gasteiger partial charge is 0.312 e. The Hall–Kier alpha value is -6.80. The monoisotopic (exact) mass is 1110 g/mol. The van der Waals surface area contributed by atoms with Crippen molar-refractivity contribution in [3.63, 3.8) is 0 Å². The number of benzene rings is 6. The average Bonchev–Trinajstić information content (AvgIpc) is 2.35. The van der Waals surface area contributed by atoms with Gasteiger partial charge < -0.3 is 18.9 Å². The maximum Gasteiger partial charge on any atom is 0.312 e. The van der Waals surface area contributed by atoms with Crippen LogP contribution in [0.3, 0.4) is 0 Å². The van der Waals surface area contributed by atoms with Crippen LogP contribution in [0.25, 0.3) is 22.3 Å². The zero-order valence-electron chi connectivity index (χ0n) is 52.2. The fourth-order valence-electron chi connectivity index (χ4n) is 11.3. The summed E-state index contributed by atoms with van der Waals surface area (Å²) in [6.45, 7) is 31.9. The first-order chi connectivity index (χ1) is 38.7. The normalized spacial score (nSPS) is 18.3. The molecule has 4 aliphatic rings. The number of rotatable bonds is 14. The number of ether oxygens (including phenoxy) is 4. The van der Waals surface area contributed by atoms with Gasteiger partial charge in [0.05, 0.1) is 21.7 Å². The summed E-state index contributed by atoms with van der Waals surface area (Å²) < 4.78 is 24.1. The van der Waals surface area contributed by atoms with Gasteiger partial charge in [-0.3, -0.25) is 19.2 Å². The molecular weight excluding hydrogens is 1020 g/mol. The van der Waals surface area contributed by atoms with Crippen LogP contribution < -0.4 is 0 Å².